The number of carbonyl (C=O) groups is 1. The van der Waals surface area contributed by atoms with E-state index in [0.29, 0.717) is 44.3 Å². The Morgan fingerprint density at radius 2 is 1.90 bits per heavy atom. The Kier molecular flexibility index (Phi) is 6.10. The molecule has 2 aromatic rings. The van der Waals surface area contributed by atoms with E-state index in [1.165, 1.54) is 0 Å². The highest BCUT2D eigenvalue weighted by molar-refractivity contribution is 5.92. The van der Waals surface area contributed by atoms with Crippen molar-refractivity contribution in [2.75, 3.05) is 44.8 Å². The van der Waals surface area contributed by atoms with E-state index in [0.717, 1.165) is 16.7 Å². The molecule has 1 amide bonds. The van der Waals surface area contributed by atoms with Gasteiger partial charge in [-0.1, -0.05) is 12.7 Å². The number of amides is 1. The Bertz CT molecular complexity index is 886. The summed E-state index contributed by atoms with van der Waals surface area (Å²) in [5.74, 6) is 2.03. The number of carbonyl (C=O) groups excluding carboxylic acids is 1. The monoisotopic (exact) mass is 400 g/mol. The minimum Gasteiger partial charge on any atom is -0.493 e. The summed E-state index contributed by atoms with van der Waals surface area (Å²) < 4.78 is 16.6. The summed E-state index contributed by atoms with van der Waals surface area (Å²) in [5.41, 5.74) is 0.269. The average molecular weight is 400 g/mol. The molecule has 0 radical (unpaired) electrons. The number of benzene rings is 1. The summed E-state index contributed by atoms with van der Waals surface area (Å²) in [7, 11) is 1.60. The van der Waals surface area contributed by atoms with Gasteiger partial charge in [-0.2, -0.15) is 0 Å². The van der Waals surface area contributed by atoms with Crippen LogP contribution in [0.1, 0.15) is 20.8 Å². The van der Waals surface area contributed by atoms with Crippen LogP contribution in [0.15, 0.2) is 31.1 Å². The zero-order valence-corrected chi connectivity index (χ0v) is 17.5. The lowest BCUT2D eigenvalue weighted by Gasteiger charge is -2.36. The number of fused-ring (bicyclic) bond motifs is 1. The number of aromatic nitrogens is 2. The standard InChI is InChI=1S/C21H28N4O4/c1-6-11-28-18-12-15-16(13-17(18)27-5)22-14-23-19(15)24-7-9-25(10-8-24)20(26)29-21(2,3)4/h6,12-14H,1,7-11H2,2-5H3. The lowest BCUT2D eigenvalue weighted by Crippen LogP contribution is -2.50. The zero-order chi connectivity index (χ0) is 21.0. The van der Waals surface area contributed by atoms with Crippen LogP contribution in [0.4, 0.5) is 10.6 Å². The topological polar surface area (TPSA) is 77.0 Å². The molecule has 2 heterocycles. The van der Waals surface area contributed by atoms with Crippen molar-refractivity contribution in [3.05, 3.63) is 31.1 Å². The van der Waals surface area contributed by atoms with Crippen molar-refractivity contribution < 1.29 is 19.0 Å². The van der Waals surface area contributed by atoms with Crippen molar-refractivity contribution in [3.8, 4) is 11.5 Å². The van der Waals surface area contributed by atoms with E-state index in [4.69, 9.17) is 14.2 Å². The lowest BCUT2D eigenvalue weighted by molar-refractivity contribution is 0.0240. The van der Waals surface area contributed by atoms with Crippen LogP contribution in [0.2, 0.25) is 0 Å². The molecule has 0 spiro atoms. The molecular weight excluding hydrogens is 372 g/mol. The quantitative estimate of drug-likeness (QED) is 0.713. The van der Waals surface area contributed by atoms with Crippen molar-refractivity contribution >= 4 is 22.8 Å². The number of rotatable bonds is 5. The fraction of sp³-hybridized carbons (Fsp3) is 0.476. The second kappa shape index (κ2) is 8.55. The van der Waals surface area contributed by atoms with E-state index >= 15 is 0 Å². The number of hydrogen-bond acceptors (Lipinski definition) is 7. The molecule has 0 N–H and O–H groups in total. The minimum atomic E-state index is -0.502. The Balaban J connectivity index is 1.81. The Morgan fingerprint density at radius 3 is 2.52 bits per heavy atom. The van der Waals surface area contributed by atoms with Gasteiger partial charge in [0.05, 0.1) is 12.6 Å². The van der Waals surface area contributed by atoms with Gasteiger partial charge in [-0.3, -0.25) is 0 Å². The van der Waals surface area contributed by atoms with Crippen LogP contribution in [0.5, 0.6) is 11.5 Å². The maximum atomic E-state index is 12.3. The largest absolute Gasteiger partial charge is 0.493 e. The number of nitrogens with zero attached hydrogens (tertiary/aromatic N) is 4. The van der Waals surface area contributed by atoms with Crippen LogP contribution in [-0.4, -0.2) is 66.5 Å². The summed E-state index contributed by atoms with van der Waals surface area (Å²) in [4.78, 5) is 25.1. The smallest absolute Gasteiger partial charge is 0.410 e. The molecule has 156 valence electrons. The maximum absolute atomic E-state index is 12.3. The van der Waals surface area contributed by atoms with Crippen LogP contribution in [0.3, 0.4) is 0 Å². The van der Waals surface area contributed by atoms with Gasteiger partial charge in [0.15, 0.2) is 11.5 Å². The highest BCUT2D eigenvalue weighted by atomic mass is 16.6. The molecule has 0 atom stereocenters. The van der Waals surface area contributed by atoms with Gasteiger partial charge >= 0.3 is 6.09 Å². The van der Waals surface area contributed by atoms with Gasteiger partial charge in [0.1, 0.15) is 24.4 Å². The SMILES string of the molecule is C=CCOc1cc2c(N3CCN(C(=O)OC(C)(C)C)CC3)ncnc2cc1OC. The molecule has 1 fully saturated rings. The van der Waals surface area contributed by atoms with Crippen LogP contribution in [0, 0.1) is 0 Å². The molecule has 1 aromatic heterocycles. The van der Waals surface area contributed by atoms with Crippen LogP contribution >= 0.6 is 0 Å². The van der Waals surface area contributed by atoms with Gasteiger partial charge in [0.25, 0.3) is 0 Å². The first-order valence-corrected chi connectivity index (χ1v) is 9.61. The summed E-state index contributed by atoms with van der Waals surface area (Å²) in [6.07, 6.45) is 2.94. The van der Waals surface area contributed by atoms with E-state index in [1.807, 2.05) is 32.9 Å². The van der Waals surface area contributed by atoms with E-state index in [1.54, 1.807) is 24.4 Å². The fourth-order valence-corrected chi connectivity index (χ4v) is 3.15. The highest BCUT2D eigenvalue weighted by Gasteiger charge is 2.27. The first-order chi connectivity index (χ1) is 13.8. The van der Waals surface area contributed by atoms with Gasteiger partial charge in [-0.05, 0) is 26.8 Å². The van der Waals surface area contributed by atoms with Crippen molar-refractivity contribution in [2.45, 2.75) is 26.4 Å². The van der Waals surface area contributed by atoms with Crippen molar-refractivity contribution in [3.63, 3.8) is 0 Å². The molecule has 1 aromatic carbocycles. The van der Waals surface area contributed by atoms with E-state index in [9.17, 15) is 4.79 Å². The number of piperazine rings is 1. The Hall–Kier alpha value is -3.03. The fourth-order valence-electron chi connectivity index (χ4n) is 3.15. The summed E-state index contributed by atoms with van der Waals surface area (Å²) in [6.45, 7) is 12.1. The third-order valence-corrected chi connectivity index (χ3v) is 4.49. The molecule has 8 heteroatoms. The zero-order valence-electron chi connectivity index (χ0n) is 17.5. The number of anilines is 1. The van der Waals surface area contributed by atoms with Gasteiger partial charge in [-0.15, -0.1) is 0 Å². The Morgan fingerprint density at radius 1 is 1.17 bits per heavy atom. The molecule has 0 unspecified atom stereocenters. The molecule has 3 rings (SSSR count). The van der Waals surface area contributed by atoms with Crippen LogP contribution in [0.25, 0.3) is 10.9 Å². The molecule has 0 saturated carbocycles. The second-order valence-corrected chi connectivity index (χ2v) is 7.77. The molecule has 1 aliphatic heterocycles. The summed E-state index contributed by atoms with van der Waals surface area (Å²) >= 11 is 0. The second-order valence-electron chi connectivity index (χ2n) is 7.77. The van der Waals surface area contributed by atoms with Gasteiger partial charge < -0.3 is 24.0 Å². The first kappa shape index (κ1) is 20.7. The summed E-state index contributed by atoms with van der Waals surface area (Å²) in [5, 5.41) is 0.873. The Labute approximate surface area is 171 Å². The third kappa shape index (κ3) is 4.88. The molecular formula is C21H28N4O4. The molecule has 0 bridgehead atoms. The minimum absolute atomic E-state index is 0.283. The predicted molar refractivity (Wildman–Crippen MR) is 112 cm³/mol. The maximum Gasteiger partial charge on any atom is 0.410 e. The number of ether oxygens (including phenoxy) is 3. The number of methoxy groups -OCH3 is 1. The average Bonchev–Trinajstić information content (AvgIpc) is 2.70. The highest BCUT2D eigenvalue weighted by Crippen LogP contribution is 2.35. The van der Waals surface area contributed by atoms with Crippen LogP contribution < -0.4 is 14.4 Å². The molecule has 0 aliphatic carbocycles. The normalized spacial score (nSPS) is 14.6. The molecule has 29 heavy (non-hydrogen) atoms. The van der Waals surface area contributed by atoms with E-state index in [2.05, 4.69) is 21.4 Å². The third-order valence-electron chi connectivity index (χ3n) is 4.49. The lowest BCUT2D eigenvalue weighted by atomic mass is 10.2. The van der Waals surface area contributed by atoms with Gasteiger partial charge in [-0.25, -0.2) is 14.8 Å². The molecule has 1 aliphatic rings. The first-order valence-electron chi connectivity index (χ1n) is 9.61. The van der Waals surface area contributed by atoms with Crippen molar-refractivity contribution in [1.82, 2.24) is 14.9 Å². The number of hydrogen-bond donors (Lipinski definition) is 0. The predicted octanol–water partition coefficient (Wildman–Crippen LogP) is 3.26. The summed E-state index contributed by atoms with van der Waals surface area (Å²) in [6, 6.07) is 3.74. The van der Waals surface area contributed by atoms with E-state index in [-0.39, 0.29) is 6.09 Å². The van der Waals surface area contributed by atoms with Crippen molar-refractivity contribution in [2.24, 2.45) is 0 Å². The van der Waals surface area contributed by atoms with Crippen molar-refractivity contribution in [1.29, 1.82) is 0 Å². The van der Waals surface area contributed by atoms with E-state index < -0.39 is 5.60 Å². The van der Waals surface area contributed by atoms with Gasteiger partial charge in [0.2, 0.25) is 0 Å². The molecule has 1 saturated heterocycles. The van der Waals surface area contributed by atoms with Gasteiger partial charge in [0, 0.05) is 37.6 Å². The van der Waals surface area contributed by atoms with Crippen LogP contribution in [-0.2, 0) is 4.74 Å². The molecule has 8 nitrogen and oxygen atoms in total.